The summed E-state index contributed by atoms with van der Waals surface area (Å²) in [6.45, 7) is 1.59. The molecule has 5 nitrogen and oxygen atoms in total. The lowest BCUT2D eigenvalue weighted by atomic mass is 9.89. The molecular weight excluding hydrogens is 312 g/mol. The molecule has 1 saturated heterocycles. The molecule has 0 bridgehead atoms. The number of amides is 1. The van der Waals surface area contributed by atoms with E-state index >= 15 is 0 Å². The number of carbonyl (C=O) groups is 1. The number of pyridine rings is 1. The summed E-state index contributed by atoms with van der Waals surface area (Å²) in [4.78, 5) is 22.3. The minimum Gasteiger partial charge on any atom is -0.388 e. The number of nitrogens with zero attached hydrogens (tertiary/aromatic N) is 2. The van der Waals surface area contributed by atoms with Crippen molar-refractivity contribution in [3.63, 3.8) is 0 Å². The molecule has 1 amide bonds. The van der Waals surface area contributed by atoms with E-state index in [-0.39, 0.29) is 5.91 Å². The molecule has 1 fully saturated rings. The molecule has 0 unspecified atom stereocenters. The van der Waals surface area contributed by atoms with Crippen LogP contribution >= 0.6 is 0 Å². The van der Waals surface area contributed by atoms with Gasteiger partial charge in [0, 0.05) is 49.2 Å². The van der Waals surface area contributed by atoms with E-state index in [1.165, 1.54) is 10.9 Å². The minimum atomic E-state index is 0.127. The average Bonchev–Trinajstić information content (AvgIpc) is 3.12. The molecule has 0 atom stereocenters. The maximum absolute atomic E-state index is 12.7. The number of likely N-dealkylation sites (tertiary alicyclic amines) is 1. The Kier molecular flexibility index (Phi) is 4.14. The molecule has 5 heteroatoms. The summed E-state index contributed by atoms with van der Waals surface area (Å²) in [5.74, 6) is 0.607. The summed E-state index contributed by atoms with van der Waals surface area (Å²) in [6.07, 6.45) is 5.86. The summed E-state index contributed by atoms with van der Waals surface area (Å²) in [5, 5.41) is 4.28. The van der Waals surface area contributed by atoms with Gasteiger partial charge in [-0.3, -0.25) is 4.79 Å². The number of aromatic nitrogens is 2. The smallest absolute Gasteiger partial charge is 0.253 e. The van der Waals surface area contributed by atoms with E-state index in [1.807, 2.05) is 48.5 Å². The van der Waals surface area contributed by atoms with Crippen molar-refractivity contribution in [3.05, 3.63) is 59.9 Å². The van der Waals surface area contributed by atoms with Crippen LogP contribution in [-0.2, 0) is 0 Å². The van der Waals surface area contributed by atoms with Gasteiger partial charge in [-0.1, -0.05) is 0 Å². The highest BCUT2D eigenvalue weighted by Crippen LogP contribution is 2.32. The molecule has 2 N–H and O–H groups in total. The van der Waals surface area contributed by atoms with Crippen LogP contribution in [0.4, 0.5) is 5.69 Å². The largest absolute Gasteiger partial charge is 0.388 e. The van der Waals surface area contributed by atoms with Crippen molar-refractivity contribution in [3.8, 4) is 0 Å². The maximum Gasteiger partial charge on any atom is 0.253 e. The standard InChI is InChI=1S/C20H22N4O/c1-21-16-6-4-15(5-7-16)20(25)24-11-8-14(9-12-24)18-13-23-19-17(18)3-2-10-22-19/h2-7,10,13-14,21H,8-9,11-12H2,1H3,(H,22,23). The van der Waals surface area contributed by atoms with E-state index in [4.69, 9.17) is 0 Å². The van der Waals surface area contributed by atoms with Crippen LogP contribution in [0.2, 0.25) is 0 Å². The van der Waals surface area contributed by atoms with Gasteiger partial charge in [0.2, 0.25) is 0 Å². The van der Waals surface area contributed by atoms with Crippen molar-refractivity contribution in [2.45, 2.75) is 18.8 Å². The van der Waals surface area contributed by atoms with Crippen LogP contribution in [0.1, 0.15) is 34.7 Å². The first kappa shape index (κ1) is 15.7. The Hall–Kier alpha value is -2.82. The first-order valence-electron chi connectivity index (χ1n) is 8.75. The zero-order valence-corrected chi connectivity index (χ0v) is 14.3. The highest BCUT2D eigenvalue weighted by molar-refractivity contribution is 5.94. The Bertz CT molecular complexity index is 876. The van der Waals surface area contributed by atoms with Gasteiger partial charge in [0.1, 0.15) is 5.65 Å². The molecule has 0 spiro atoms. The van der Waals surface area contributed by atoms with Crippen LogP contribution < -0.4 is 5.32 Å². The topological polar surface area (TPSA) is 61.0 Å². The first-order valence-corrected chi connectivity index (χ1v) is 8.75. The number of H-pyrrole nitrogens is 1. The number of fused-ring (bicyclic) bond motifs is 1. The zero-order chi connectivity index (χ0) is 17.2. The van der Waals surface area contributed by atoms with Crippen molar-refractivity contribution in [2.24, 2.45) is 0 Å². The van der Waals surface area contributed by atoms with E-state index in [1.54, 1.807) is 0 Å². The molecule has 3 heterocycles. The maximum atomic E-state index is 12.7. The van der Waals surface area contributed by atoms with E-state index in [0.29, 0.717) is 5.92 Å². The third-order valence-corrected chi connectivity index (χ3v) is 5.13. The van der Waals surface area contributed by atoms with E-state index < -0.39 is 0 Å². The van der Waals surface area contributed by atoms with Crippen LogP contribution in [-0.4, -0.2) is 40.9 Å². The molecule has 1 aromatic carbocycles. The van der Waals surface area contributed by atoms with Crippen molar-refractivity contribution in [2.75, 3.05) is 25.5 Å². The molecule has 0 saturated carbocycles. The Morgan fingerprint density at radius 3 is 2.68 bits per heavy atom. The first-order chi connectivity index (χ1) is 12.3. The predicted molar refractivity (Wildman–Crippen MR) is 100.0 cm³/mol. The number of aromatic amines is 1. The summed E-state index contributed by atoms with van der Waals surface area (Å²) in [6, 6.07) is 11.8. The normalized spacial score (nSPS) is 15.5. The van der Waals surface area contributed by atoms with Gasteiger partial charge in [-0.05, 0) is 60.7 Å². The monoisotopic (exact) mass is 334 g/mol. The molecule has 4 rings (SSSR count). The number of nitrogens with one attached hydrogen (secondary N) is 2. The number of rotatable bonds is 3. The van der Waals surface area contributed by atoms with Crippen LogP contribution in [0.15, 0.2) is 48.8 Å². The van der Waals surface area contributed by atoms with Crippen molar-refractivity contribution >= 4 is 22.6 Å². The highest BCUT2D eigenvalue weighted by atomic mass is 16.2. The van der Waals surface area contributed by atoms with Crippen molar-refractivity contribution in [1.29, 1.82) is 0 Å². The molecule has 3 aromatic rings. The lowest BCUT2D eigenvalue weighted by Gasteiger charge is -2.32. The van der Waals surface area contributed by atoms with Gasteiger partial charge in [0.25, 0.3) is 5.91 Å². The SMILES string of the molecule is CNc1ccc(C(=O)N2CCC(c3c[nH]c4ncccc34)CC2)cc1. The van der Waals surface area contributed by atoms with Crippen LogP contribution in [0.3, 0.4) is 0 Å². The molecule has 0 radical (unpaired) electrons. The summed E-state index contributed by atoms with van der Waals surface area (Å²) >= 11 is 0. The highest BCUT2D eigenvalue weighted by Gasteiger charge is 2.26. The fraction of sp³-hybridized carbons (Fsp3) is 0.300. The van der Waals surface area contributed by atoms with Gasteiger partial charge >= 0.3 is 0 Å². The summed E-state index contributed by atoms with van der Waals surface area (Å²) in [7, 11) is 1.88. The Balaban J connectivity index is 1.44. The Labute approximate surface area is 147 Å². The van der Waals surface area contributed by atoms with Gasteiger partial charge in [-0.15, -0.1) is 0 Å². The van der Waals surface area contributed by atoms with Gasteiger partial charge in [-0.2, -0.15) is 0 Å². The van der Waals surface area contributed by atoms with E-state index in [2.05, 4.69) is 27.5 Å². The second kappa shape index (κ2) is 6.59. The molecule has 0 aliphatic carbocycles. The Morgan fingerprint density at radius 2 is 1.96 bits per heavy atom. The van der Waals surface area contributed by atoms with Crippen molar-refractivity contribution in [1.82, 2.24) is 14.9 Å². The number of piperidine rings is 1. The molecule has 128 valence electrons. The third kappa shape index (κ3) is 2.97. The second-order valence-electron chi connectivity index (χ2n) is 6.54. The molecule has 1 aliphatic rings. The molecule has 1 aliphatic heterocycles. The quantitative estimate of drug-likeness (QED) is 0.769. The fourth-order valence-corrected chi connectivity index (χ4v) is 3.67. The summed E-state index contributed by atoms with van der Waals surface area (Å²) < 4.78 is 0. The predicted octanol–water partition coefficient (Wildman–Crippen LogP) is 3.62. The van der Waals surface area contributed by atoms with Gasteiger partial charge in [-0.25, -0.2) is 4.98 Å². The Morgan fingerprint density at radius 1 is 1.20 bits per heavy atom. The molecule has 25 heavy (non-hydrogen) atoms. The average molecular weight is 334 g/mol. The van der Waals surface area contributed by atoms with Crippen LogP contribution in [0.25, 0.3) is 11.0 Å². The number of carbonyl (C=O) groups excluding carboxylic acids is 1. The molecule has 2 aromatic heterocycles. The number of hydrogen-bond acceptors (Lipinski definition) is 3. The summed E-state index contributed by atoms with van der Waals surface area (Å²) in [5.41, 5.74) is 4.05. The van der Waals surface area contributed by atoms with Gasteiger partial charge in [0.05, 0.1) is 0 Å². The van der Waals surface area contributed by atoms with Crippen LogP contribution in [0.5, 0.6) is 0 Å². The second-order valence-corrected chi connectivity index (χ2v) is 6.54. The number of hydrogen-bond donors (Lipinski definition) is 2. The third-order valence-electron chi connectivity index (χ3n) is 5.13. The van der Waals surface area contributed by atoms with E-state index in [0.717, 1.165) is 42.8 Å². The lowest BCUT2D eigenvalue weighted by Crippen LogP contribution is -2.37. The molecular formula is C20H22N4O. The fourth-order valence-electron chi connectivity index (χ4n) is 3.67. The van der Waals surface area contributed by atoms with Crippen LogP contribution in [0, 0.1) is 0 Å². The lowest BCUT2D eigenvalue weighted by molar-refractivity contribution is 0.0713. The van der Waals surface area contributed by atoms with Gasteiger partial charge < -0.3 is 15.2 Å². The number of anilines is 1. The van der Waals surface area contributed by atoms with Crippen molar-refractivity contribution < 1.29 is 4.79 Å². The van der Waals surface area contributed by atoms with Gasteiger partial charge in [0.15, 0.2) is 0 Å². The zero-order valence-electron chi connectivity index (χ0n) is 14.3. The minimum absolute atomic E-state index is 0.127. The number of benzene rings is 1. The van der Waals surface area contributed by atoms with E-state index in [9.17, 15) is 4.79 Å².